The van der Waals surface area contributed by atoms with Crippen LogP contribution in [0.5, 0.6) is 0 Å². The van der Waals surface area contributed by atoms with E-state index in [1.54, 1.807) is 53.0 Å². The van der Waals surface area contributed by atoms with Crippen LogP contribution in [0.1, 0.15) is 80.2 Å². The number of benzene rings is 1. The van der Waals surface area contributed by atoms with Crippen LogP contribution in [0.15, 0.2) is 42.6 Å². The average molecular weight is 826 g/mol. The van der Waals surface area contributed by atoms with Crippen molar-refractivity contribution in [1.29, 1.82) is 0 Å². The van der Waals surface area contributed by atoms with Gasteiger partial charge in [-0.25, -0.2) is 4.79 Å². The first-order valence-corrected chi connectivity index (χ1v) is 20.5. The fraction of sp³-hybridized carbons (Fsp3) is 0.628. The number of nitrogens with zero attached hydrogens (tertiary/aromatic N) is 2. The first kappa shape index (κ1) is 45.1. The predicted molar refractivity (Wildman–Crippen MR) is 219 cm³/mol. The Kier molecular flexibility index (Phi) is 14.4. The summed E-state index contributed by atoms with van der Waals surface area (Å²) in [5.74, 6) is -5.59. The second-order valence-electron chi connectivity index (χ2n) is 16.7. The second kappa shape index (κ2) is 18.5. The highest BCUT2D eigenvalue weighted by Crippen LogP contribution is 2.40. The summed E-state index contributed by atoms with van der Waals surface area (Å²) in [6, 6.07) is 8.58. The molecule has 4 heterocycles. The van der Waals surface area contributed by atoms with Crippen molar-refractivity contribution in [3.8, 4) is 0 Å². The third kappa shape index (κ3) is 9.71. The standard InChI is InChI=1S/C43H59N3O11S/c1-11-32-43(8)36(45-40(58)56-43)25(4)33(47)23(2)21-42(7,57-41(51)52-18-14-15-28-20-29-16-12-13-17-30(29)44-22-28)37(26(5)34(48)27(6)38(50)54-32)55-39-35(49)31(46(9)10)19-24(3)53-39/h12-17,20,22-27,31-32,35-37,39,49H,11,18-19,21H2,1-10H3,(H,45,58)/b15-14+/t23-,24-,25+,26+,27-,31+,32-,35-,36+,37?,39+,42-,43-/m1/s1. The molecular weight excluding hydrogens is 767 g/mol. The molecule has 15 heteroatoms. The number of ether oxygens (including phenoxy) is 6. The minimum Gasteiger partial charge on any atom is -0.459 e. The summed E-state index contributed by atoms with van der Waals surface area (Å²) < 4.78 is 36.6. The Hall–Kier alpha value is -4.02. The summed E-state index contributed by atoms with van der Waals surface area (Å²) >= 11 is 5.41. The lowest BCUT2D eigenvalue weighted by molar-refractivity contribution is -0.293. The Morgan fingerprint density at radius 3 is 2.48 bits per heavy atom. The number of thiocarbonyl (C=S) groups is 1. The number of esters is 1. The van der Waals surface area contributed by atoms with E-state index in [1.165, 1.54) is 6.92 Å². The van der Waals surface area contributed by atoms with Crippen LogP contribution in [-0.4, -0.2) is 119 Å². The quantitative estimate of drug-likeness (QED) is 0.197. The molecule has 1 unspecified atom stereocenters. The van der Waals surface area contributed by atoms with Gasteiger partial charge < -0.3 is 43.7 Å². The molecule has 0 saturated carbocycles. The van der Waals surface area contributed by atoms with E-state index in [2.05, 4.69) is 10.3 Å². The molecule has 0 spiro atoms. The normalized spacial score (nSPS) is 36.5. The molecule has 3 fully saturated rings. The number of rotatable bonds is 8. The van der Waals surface area contributed by atoms with Crippen molar-refractivity contribution in [2.75, 3.05) is 20.7 Å². The lowest BCUT2D eigenvalue weighted by atomic mass is 9.73. The number of fused-ring (bicyclic) bond motifs is 2. The van der Waals surface area contributed by atoms with Crippen LogP contribution < -0.4 is 5.32 Å². The van der Waals surface area contributed by atoms with Crippen LogP contribution in [0.3, 0.4) is 0 Å². The maximum Gasteiger partial charge on any atom is 0.509 e. The van der Waals surface area contributed by atoms with E-state index in [1.807, 2.05) is 63.2 Å². The zero-order chi connectivity index (χ0) is 42.7. The van der Waals surface area contributed by atoms with Gasteiger partial charge in [0.05, 0.1) is 17.7 Å². The number of para-hydroxylation sites is 1. The van der Waals surface area contributed by atoms with Crippen molar-refractivity contribution < 1.29 is 52.7 Å². The van der Waals surface area contributed by atoms with E-state index in [-0.39, 0.29) is 36.1 Å². The number of nitrogens with one attached hydrogen (secondary N) is 1. The van der Waals surface area contributed by atoms with E-state index in [4.69, 9.17) is 40.6 Å². The monoisotopic (exact) mass is 825 g/mol. The van der Waals surface area contributed by atoms with Crippen LogP contribution in [0, 0.1) is 23.7 Å². The number of ketones is 2. The Bertz CT molecular complexity index is 1880. The van der Waals surface area contributed by atoms with Crippen LogP contribution in [0.25, 0.3) is 17.0 Å². The van der Waals surface area contributed by atoms with Gasteiger partial charge in [-0.2, -0.15) is 0 Å². The van der Waals surface area contributed by atoms with Crippen molar-refractivity contribution >= 4 is 58.1 Å². The SMILES string of the molecule is CC[C@H]1OC(=O)[C@H](C)C(=O)[C@H](C)C(O[C@@H]2O[C@H](C)C[C@H](N(C)C)[C@H]2O)[C@](C)(OC(=O)OC/C=C/c2cnc3ccccc3c2)C[C@@H](C)C(=O)[C@H](C)[C@@H]2NC(=S)O[C@]12C. The summed E-state index contributed by atoms with van der Waals surface area (Å²) in [5, 5.41) is 15.7. The van der Waals surface area contributed by atoms with Gasteiger partial charge in [-0.15, -0.1) is 0 Å². The molecular formula is C43H59N3O11S. The molecule has 5 rings (SSSR count). The Morgan fingerprint density at radius 2 is 1.79 bits per heavy atom. The first-order valence-electron chi connectivity index (χ1n) is 20.1. The van der Waals surface area contributed by atoms with Crippen LogP contribution in [0.4, 0.5) is 4.79 Å². The Balaban J connectivity index is 1.51. The predicted octanol–water partition coefficient (Wildman–Crippen LogP) is 5.41. The minimum absolute atomic E-state index is 0.0583. The molecule has 13 atom stereocenters. The number of aliphatic hydroxyl groups is 1. The van der Waals surface area contributed by atoms with E-state index in [0.29, 0.717) is 12.8 Å². The fourth-order valence-electron chi connectivity index (χ4n) is 8.78. The lowest BCUT2D eigenvalue weighted by Crippen LogP contribution is -2.60. The Morgan fingerprint density at radius 1 is 1.09 bits per heavy atom. The zero-order valence-corrected chi connectivity index (χ0v) is 35.9. The number of aliphatic hydroxyl groups excluding tert-OH is 1. The molecule has 3 saturated heterocycles. The van der Waals surface area contributed by atoms with Gasteiger partial charge in [0, 0.05) is 35.4 Å². The fourth-order valence-corrected chi connectivity index (χ4v) is 9.09. The molecule has 2 aromatic rings. The van der Waals surface area contributed by atoms with Crippen molar-refractivity contribution in [3.63, 3.8) is 0 Å². The average Bonchev–Trinajstić information content (AvgIpc) is 3.50. The minimum atomic E-state index is -1.76. The largest absolute Gasteiger partial charge is 0.509 e. The molecule has 3 aliphatic rings. The molecule has 318 valence electrons. The molecule has 0 amide bonds. The topological polar surface area (TPSA) is 172 Å². The van der Waals surface area contributed by atoms with Crippen molar-refractivity contribution in [1.82, 2.24) is 15.2 Å². The Labute approximate surface area is 346 Å². The highest BCUT2D eigenvalue weighted by atomic mass is 32.1. The van der Waals surface area contributed by atoms with E-state index >= 15 is 0 Å². The number of Topliss-reactive ketones (excluding diaryl/α,β-unsaturated/α-hetero) is 2. The number of hydrogen-bond donors (Lipinski definition) is 2. The summed E-state index contributed by atoms with van der Waals surface area (Å²) in [6.07, 6.45) is -0.308. The molecule has 14 nitrogen and oxygen atoms in total. The van der Waals surface area contributed by atoms with Crippen LogP contribution in [0.2, 0.25) is 0 Å². The summed E-state index contributed by atoms with van der Waals surface area (Å²) in [5.41, 5.74) is -1.36. The number of aromatic nitrogens is 1. The lowest BCUT2D eigenvalue weighted by Gasteiger charge is -2.46. The van der Waals surface area contributed by atoms with Gasteiger partial charge >= 0.3 is 12.1 Å². The number of hydrogen-bond acceptors (Lipinski definition) is 14. The molecule has 0 aliphatic carbocycles. The third-order valence-corrected chi connectivity index (χ3v) is 12.2. The van der Waals surface area contributed by atoms with Gasteiger partial charge in [0.25, 0.3) is 5.17 Å². The van der Waals surface area contributed by atoms with E-state index in [9.17, 15) is 24.3 Å². The molecule has 0 radical (unpaired) electrons. The molecule has 1 aromatic carbocycles. The first-order chi connectivity index (χ1) is 27.3. The molecule has 3 aliphatic heterocycles. The zero-order valence-electron chi connectivity index (χ0n) is 35.1. The summed E-state index contributed by atoms with van der Waals surface area (Å²) in [6.45, 7) is 13.3. The molecule has 58 heavy (non-hydrogen) atoms. The molecule has 0 bridgehead atoms. The smallest absolute Gasteiger partial charge is 0.459 e. The van der Waals surface area contributed by atoms with Gasteiger partial charge in [0.2, 0.25) is 0 Å². The number of carbonyl (C=O) groups excluding carboxylic acids is 4. The number of carbonyl (C=O) groups is 4. The highest BCUT2D eigenvalue weighted by molar-refractivity contribution is 7.80. The summed E-state index contributed by atoms with van der Waals surface area (Å²) in [4.78, 5) is 62.8. The molecule has 2 N–H and O–H groups in total. The van der Waals surface area contributed by atoms with Crippen LogP contribution in [-0.2, 0) is 42.8 Å². The van der Waals surface area contributed by atoms with Gasteiger partial charge in [0.15, 0.2) is 17.7 Å². The molecule has 1 aromatic heterocycles. The van der Waals surface area contributed by atoms with Gasteiger partial charge in [0.1, 0.15) is 42.2 Å². The van der Waals surface area contributed by atoms with Gasteiger partial charge in [-0.1, -0.05) is 52.0 Å². The van der Waals surface area contributed by atoms with Gasteiger partial charge in [-0.05, 0) is 97.0 Å². The number of cyclic esters (lactones) is 1. The van der Waals surface area contributed by atoms with E-state index < -0.39 is 83.4 Å². The van der Waals surface area contributed by atoms with Gasteiger partial charge in [-0.3, -0.25) is 19.4 Å². The highest BCUT2D eigenvalue weighted by Gasteiger charge is 2.57. The van der Waals surface area contributed by atoms with Crippen molar-refractivity contribution in [2.45, 2.75) is 129 Å². The number of likely N-dealkylation sites (N-methyl/N-ethyl adjacent to an activating group) is 1. The summed E-state index contributed by atoms with van der Waals surface area (Å²) in [7, 11) is 3.66. The second-order valence-corrected chi connectivity index (χ2v) is 17.1. The van der Waals surface area contributed by atoms with Crippen molar-refractivity contribution in [2.24, 2.45) is 23.7 Å². The third-order valence-electron chi connectivity index (χ3n) is 12.0. The van der Waals surface area contributed by atoms with E-state index in [0.717, 1.165) is 16.5 Å². The number of pyridine rings is 1. The van der Waals surface area contributed by atoms with Crippen LogP contribution >= 0.6 is 12.2 Å². The van der Waals surface area contributed by atoms with Crippen molar-refractivity contribution in [3.05, 3.63) is 48.2 Å². The maximum absolute atomic E-state index is 14.5. The maximum atomic E-state index is 14.5.